The van der Waals surface area contributed by atoms with E-state index in [1.165, 1.54) is 17.7 Å². The number of hydrogen-bond acceptors (Lipinski definition) is 5. The second-order valence-electron chi connectivity index (χ2n) is 12.1. The molecule has 3 aromatic rings. The summed E-state index contributed by atoms with van der Waals surface area (Å²) >= 11 is 0. The number of aliphatic hydroxyl groups excluding tert-OH is 1. The van der Waals surface area contributed by atoms with Crippen LogP contribution in [0, 0.1) is 22.5 Å². The van der Waals surface area contributed by atoms with Crippen LogP contribution in [-0.2, 0) is 22.2 Å². The summed E-state index contributed by atoms with van der Waals surface area (Å²) in [7, 11) is 0. The molecule has 0 spiro atoms. The van der Waals surface area contributed by atoms with E-state index in [4.69, 9.17) is 0 Å². The van der Waals surface area contributed by atoms with Crippen LogP contribution in [-0.4, -0.2) is 29.7 Å². The Hall–Kier alpha value is -3.49. The predicted octanol–water partition coefficient (Wildman–Crippen LogP) is 6.61. The average Bonchev–Trinajstić information content (AvgIpc) is 2.94. The lowest BCUT2D eigenvalue weighted by Crippen LogP contribution is -2.51. The third-order valence-electron chi connectivity index (χ3n) is 8.11. The zero-order valence-electron chi connectivity index (χ0n) is 23.9. The third kappa shape index (κ3) is 7.83. The molecule has 0 saturated heterocycles. The van der Waals surface area contributed by atoms with E-state index in [9.17, 15) is 23.6 Å². The molecule has 6 nitrogen and oxygen atoms in total. The molecule has 4 rings (SSSR count). The maximum atomic E-state index is 14.0. The minimum absolute atomic E-state index is 0.0557. The van der Waals surface area contributed by atoms with Crippen LogP contribution in [0.1, 0.15) is 63.1 Å². The fraction of sp³-hybridized carbons (Fsp3) is 0.424. The molecule has 1 saturated carbocycles. The first-order valence-electron chi connectivity index (χ1n) is 14.2. The number of anilines is 1. The first-order valence-corrected chi connectivity index (χ1v) is 14.2. The van der Waals surface area contributed by atoms with Crippen LogP contribution in [0.4, 0.5) is 14.5 Å². The summed E-state index contributed by atoms with van der Waals surface area (Å²) in [5.74, 6) is -2.93. The van der Waals surface area contributed by atoms with Crippen molar-refractivity contribution >= 4 is 11.6 Å². The molecule has 0 radical (unpaired) electrons. The van der Waals surface area contributed by atoms with E-state index in [0.717, 1.165) is 11.6 Å². The molecule has 0 aliphatic heterocycles. The Morgan fingerprint density at radius 3 is 2.27 bits per heavy atom. The maximum absolute atomic E-state index is 14.0. The number of carbonyl (C=O) groups excluding carboxylic acids is 1. The summed E-state index contributed by atoms with van der Waals surface area (Å²) in [5, 5.41) is 21.1. The Kier molecular flexibility index (Phi) is 9.66. The van der Waals surface area contributed by atoms with E-state index in [1.807, 2.05) is 12.1 Å². The summed E-state index contributed by atoms with van der Waals surface area (Å²) < 4.78 is 28.0. The first-order chi connectivity index (χ1) is 19.5. The number of hydrogen-bond donors (Lipinski definition) is 3. The van der Waals surface area contributed by atoms with E-state index in [2.05, 4.69) is 54.8 Å². The molecule has 1 aliphatic carbocycles. The molecule has 3 aromatic carbocycles. The van der Waals surface area contributed by atoms with Gasteiger partial charge in [0.1, 0.15) is 11.6 Å². The van der Waals surface area contributed by atoms with Crippen molar-refractivity contribution in [3.05, 3.63) is 106 Å². The Morgan fingerprint density at radius 2 is 1.66 bits per heavy atom. The van der Waals surface area contributed by atoms with Gasteiger partial charge in [-0.05, 0) is 78.5 Å². The minimum Gasteiger partial charge on any atom is -0.391 e. The van der Waals surface area contributed by atoms with Crippen LogP contribution in [0.3, 0.4) is 0 Å². The van der Waals surface area contributed by atoms with Crippen LogP contribution in [0.15, 0.2) is 78.0 Å². The van der Waals surface area contributed by atoms with Crippen molar-refractivity contribution in [2.45, 2.75) is 76.0 Å². The van der Waals surface area contributed by atoms with E-state index in [-0.39, 0.29) is 30.0 Å². The molecule has 0 heterocycles. The number of nitrogens with one attached hydrogen (secondary N) is 2. The Morgan fingerprint density at radius 1 is 1.00 bits per heavy atom. The van der Waals surface area contributed by atoms with Gasteiger partial charge in [-0.2, -0.15) is 4.91 Å². The van der Waals surface area contributed by atoms with Crippen molar-refractivity contribution in [2.24, 2.45) is 11.1 Å². The summed E-state index contributed by atoms with van der Waals surface area (Å²) in [4.78, 5) is 24.7. The quantitative estimate of drug-likeness (QED) is 0.242. The third-order valence-corrected chi connectivity index (χ3v) is 8.11. The highest BCUT2D eigenvalue weighted by Gasteiger charge is 2.39. The van der Waals surface area contributed by atoms with Crippen molar-refractivity contribution in [1.29, 1.82) is 0 Å². The molecular weight excluding hydrogens is 524 g/mol. The zero-order chi connectivity index (χ0) is 29.6. The lowest BCUT2D eigenvalue weighted by atomic mass is 9.73. The molecule has 1 fully saturated rings. The van der Waals surface area contributed by atoms with Crippen LogP contribution in [0.2, 0.25) is 0 Å². The van der Waals surface area contributed by atoms with Crippen molar-refractivity contribution in [3.8, 4) is 0 Å². The second-order valence-corrected chi connectivity index (χ2v) is 12.1. The fourth-order valence-corrected chi connectivity index (χ4v) is 5.64. The predicted molar refractivity (Wildman–Crippen MR) is 158 cm³/mol. The molecule has 41 heavy (non-hydrogen) atoms. The summed E-state index contributed by atoms with van der Waals surface area (Å²) in [6.07, 6.45) is 1.26. The van der Waals surface area contributed by atoms with Crippen LogP contribution in [0.25, 0.3) is 0 Å². The number of carbonyl (C=O) groups is 1. The molecule has 0 aromatic heterocycles. The van der Waals surface area contributed by atoms with E-state index in [0.29, 0.717) is 31.4 Å². The highest BCUT2D eigenvalue weighted by Crippen LogP contribution is 2.40. The standard InChI is InChI=1S/C33H39F2N3O3/c1-32(2,3)23-8-7-9-24(19-23)33(14-12-28(38-41)13-15-33)36-21-30(39)29(18-22-16-25(34)20-26(35)17-22)31(40)37-27-10-5-4-6-11-27/h4-11,16-17,19-20,28-30,36,39H,12-15,18,21H2,1-3H3,(H,37,40). The van der Waals surface area contributed by atoms with Gasteiger partial charge in [0.25, 0.3) is 0 Å². The van der Waals surface area contributed by atoms with E-state index >= 15 is 0 Å². The number of amides is 1. The van der Waals surface area contributed by atoms with Gasteiger partial charge >= 0.3 is 0 Å². The van der Waals surface area contributed by atoms with Crippen molar-refractivity contribution in [3.63, 3.8) is 0 Å². The van der Waals surface area contributed by atoms with Gasteiger partial charge in [0, 0.05) is 23.8 Å². The number of benzene rings is 3. The van der Waals surface area contributed by atoms with Crippen LogP contribution < -0.4 is 10.6 Å². The Bertz CT molecular complexity index is 1310. The normalized spacial score (nSPS) is 20.7. The molecule has 2 unspecified atom stereocenters. The topological polar surface area (TPSA) is 90.8 Å². The molecule has 218 valence electrons. The highest BCUT2D eigenvalue weighted by molar-refractivity contribution is 5.93. The number of nitrogens with zero attached hydrogens (tertiary/aromatic N) is 1. The fourth-order valence-electron chi connectivity index (χ4n) is 5.64. The minimum atomic E-state index is -1.17. The first kappa shape index (κ1) is 30.5. The van der Waals surface area contributed by atoms with Crippen molar-refractivity contribution in [2.75, 3.05) is 11.9 Å². The molecule has 1 amide bonds. The molecule has 1 aliphatic rings. The molecular formula is C33H39F2N3O3. The van der Waals surface area contributed by atoms with Gasteiger partial charge in [-0.3, -0.25) is 4.79 Å². The summed E-state index contributed by atoms with van der Waals surface area (Å²) in [5.41, 5.74) is 2.45. The van der Waals surface area contributed by atoms with Crippen LogP contribution in [0.5, 0.6) is 0 Å². The molecule has 3 N–H and O–H groups in total. The zero-order valence-corrected chi connectivity index (χ0v) is 23.9. The van der Waals surface area contributed by atoms with Gasteiger partial charge in [0.2, 0.25) is 5.91 Å². The Labute approximate surface area is 240 Å². The van der Waals surface area contributed by atoms with Gasteiger partial charge < -0.3 is 15.7 Å². The van der Waals surface area contributed by atoms with Crippen molar-refractivity contribution in [1.82, 2.24) is 5.32 Å². The summed E-state index contributed by atoms with van der Waals surface area (Å²) in [6, 6.07) is 20.1. The molecule has 8 heteroatoms. The lowest BCUT2D eigenvalue weighted by Gasteiger charge is -2.41. The smallest absolute Gasteiger partial charge is 0.230 e. The second kappa shape index (κ2) is 13.0. The number of rotatable bonds is 10. The number of halogens is 2. The maximum Gasteiger partial charge on any atom is 0.230 e. The highest BCUT2D eigenvalue weighted by atomic mass is 19.1. The average molecular weight is 564 g/mol. The SMILES string of the molecule is CC(C)(C)c1cccc(C2(NCC(O)C(Cc3cc(F)cc(F)c3)C(=O)Nc3ccccc3)CCC(N=O)CC2)c1. The van der Waals surface area contributed by atoms with Gasteiger partial charge in [-0.15, -0.1) is 0 Å². The van der Waals surface area contributed by atoms with Crippen molar-refractivity contribution < 1.29 is 18.7 Å². The van der Waals surface area contributed by atoms with Gasteiger partial charge in [-0.1, -0.05) is 68.4 Å². The van der Waals surface area contributed by atoms with Gasteiger partial charge in [0.15, 0.2) is 0 Å². The molecule has 0 bridgehead atoms. The van der Waals surface area contributed by atoms with E-state index < -0.39 is 35.1 Å². The van der Waals surface area contributed by atoms with Gasteiger partial charge in [-0.25, -0.2) is 8.78 Å². The lowest BCUT2D eigenvalue weighted by molar-refractivity contribution is -0.123. The number of para-hydroxylation sites is 1. The summed E-state index contributed by atoms with van der Waals surface area (Å²) in [6.45, 7) is 6.50. The molecule has 2 atom stereocenters. The van der Waals surface area contributed by atoms with E-state index in [1.54, 1.807) is 24.3 Å². The monoisotopic (exact) mass is 563 g/mol. The largest absolute Gasteiger partial charge is 0.391 e. The Balaban J connectivity index is 1.60. The number of nitroso groups, excluding NO2 is 1. The van der Waals surface area contributed by atoms with Crippen LogP contribution >= 0.6 is 0 Å². The van der Waals surface area contributed by atoms with Gasteiger partial charge in [0.05, 0.1) is 18.1 Å². The number of aliphatic hydroxyl groups is 1.